The first-order chi connectivity index (χ1) is 35.5. The molecule has 3 heterocycles. The van der Waals surface area contributed by atoms with E-state index >= 15 is 0 Å². The molecule has 2 unspecified atom stereocenters. The molecule has 19 heteroatoms. The lowest BCUT2D eigenvalue weighted by atomic mass is 9.78. The number of allylic oxidation sites excluding steroid dienone is 6. The van der Waals surface area contributed by atoms with E-state index in [4.69, 9.17) is 42.6 Å². The molecule has 0 aromatic heterocycles. The Labute approximate surface area is 445 Å². The summed E-state index contributed by atoms with van der Waals surface area (Å²) in [5, 5.41) is 32.5. The molecular formula is C56H90NO17P. The van der Waals surface area contributed by atoms with Gasteiger partial charge in [0.05, 0.1) is 56.9 Å². The Balaban J connectivity index is 1.66. The van der Waals surface area contributed by atoms with E-state index in [2.05, 4.69) is 0 Å². The highest BCUT2D eigenvalue weighted by atomic mass is 31.2. The van der Waals surface area contributed by atoms with Crippen molar-refractivity contribution in [1.29, 1.82) is 0 Å². The van der Waals surface area contributed by atoms with Crippen molar-refractivity contribution in [2.24, 2.45) is 35.5 Å². The van der Waals surface area contributed by atoms with Gasteiger partial charge in [0.25, 0.3) is 11.7 Å². The maximum atomic E-state index is 14.6. The average Bonchev–Trinajstić information content (AvgIpc) is 3.37. The van der Waals surface area contributed by atoms with E-state index < -0.39 is 103 Å². The van der Waals surface area contributed by atoms with Crippen molar-refractivity contribution in [2.45, 2.75) is 180 Å². The molecule has 4 aliphatic rings. The van der Waals surface area contributed by atoms with Crippen LogP contribution in [0.5, 0.6) is 0 Å². The molecule has 0 spiro atoms. The second-order valence-electron chi connectivity index (χ2n) is 21.6. The summed E-state index contributed by atoms with van der Waals surface area (Å²) in [6.07, 6.45) is 10.3. The maximum absolute atomic E-state index is 14.6. The normalized spacial score (nSPS) is 35.3. The number of rotatable bonds is 14. The van der Waals surface area contributed by atoms with Gasteiger partial charge in [0, 0.05) is 65.1 Å². The van der Waals surface area contributed by atoms with Crippen molar-refractivity contribution in [3.63, 3.8) is 0 Å². The van der Waals surface area contributed by atoms with E-state index in [1.165, 1.54) is 18.7 Å². The molecular weight excluding hydrogens is 990 g/mol. The first-order valence-electron chi connectivity index (χ1n) is 27.1. The summed E-state index contributed by atoms with van der Waals surface area (Å²) in [6.45, 7) is 14.1. The number of amides is 1. The third-order valence-corrected chi connectivity index (χ3v) is 16.9. The van der Waals surface area contributed by atoms with Crippen LogP contribution in [0.4, 0.5) is 0 Å². The third-order valence-electron chi connectivity index (χ3n) is 15.6. The van der Waals surface area contributed by atoms with Crippen LogP contribution in [0.1, 0.15) is 126 Å². The van der Waals surface area contributed by atoms with Gasteiger partial charge in [-0.2, -0.15) is 0 Å². The third kappa shape index (κ3) is 18.7. The predicted octanol–water partition coefficient (Wildman–Crippen LogP) is 7.05. The summed E-state index contributed by atoms with van der Waals surface area (Å²) < 4.78 is 59.8. The van der Waals surface area contributed by atoms with Gasteiger partial charge in [-0.3, -0.25) is 23.7 Å². The lowest BCUT2D eigenvalue weighted by molar-refractivity contribution is -0.265. The van der Waals surface area contributed by atoms with Crippen molar-refractivity contribution >= 4 is 36.8 Å². The molecule has 4 rings (SSSR count). The van der Waals surface area contributed by atoms with Crippen molar-refractivity contribution in [2.75, 3.05) is 61.0 Å². The van der Waals surface area contributed by atoms with Gasteiger partial charge in [0.15, 0.2) is 11.6 Å². The van der Waals surface area contributed by atoms with Gasteiger partial charge in [-0.1, -0.05) is 71.1 Å². The Morgan fingerprint density at radius 3 is 2.28 bits per heavy atom. The number of ether oxygens (including phenoxy) is 6. The van der Waals surface area contributed by atoms with Crippen LogP contribution in [-0.2, 0) is 66.0 Å². The number of carbonyl (C=O) groups is 5. The molecule has 0 aromatic carbocycles. The minimum Gasteiger partial charge on any atom is -0.460 e. The first kappa shape index (κ1) is 64.3. The maximum Gasteiger partial charge on any atom is 0.329 e. The fourth-order valence-corrected chi connectivity index (χ4v) is 12.1. The van der Waals surface area contributed by atoms with Gasteiger partial charge >= 0.3 is 13.6 Å². The molecule has 75 heavy (non-hydrogen) atoms. The zero-order chi connectivity index (χ0) is 55.6. The zero-order valence-electron chi connectivity index (χ0n) is 46.5. The molecule has 1 amide bonds. The summed E-state index contributed by atoms with van der Waals surface area (Å²) >= 11 is 0. The molecule has 0 radical (unpaired) electrons. The van der Waals surface area contributed by atoms with Crippen LogP contribution in [0, 0.1) is 35.5 Å². The standard InChI is InChI=1S/C56H90NO17P/c1-35-17-13-12-14-18-36(2)47(67-8)33-43-22-20-41(7)56(65,73-43)53(62)54(63)57-24-16-15-19-44(57)55(64)72-48(34-45(59)37(3)30-40(6)51(61)52(69-10)50(60)39(5)29-35)38(4)31-42-21-23-46(49(32-42)68-9)74-75(11,66)71-28-27-70-26-25-58/h12-14,17-18,30,35,38-44,46-49,51-52,58,61,65H,15-16,19-29,31-34H2,1-11H3/t35-,38-,39-,40?,41-,42+,43+,44+,46-,47+,48+,49-,51-,52+,56-,75?/m1/s1. The van der Waals surface area contributed by atoms with Gasteiger partial charge in [-0.05, 0) is 107 Å². The molecule has 18 nitrogen and oxygen atoms in total. The molecule has 2 bridgehead atoms. The topological polar surface area (TPSA) is 240 Å². The van der Waals surface area contributed by atoms with E-state index in [-0.39, 0.29) is 74.8 Å². The van der Waals surface area contributed by atoms with E-state index in [1.54, 1.807) is 41.1 Å². The van der Waals surface area contributed by atoms with Gasteiger partial charge in [-0.25, -0.2) is 4.79 Å². The van der Waals surface area contributed by atoms with Crippen LogP contribution in [-0.4, -0.2) is 165 Å². The molecule has 3 N–H and O–H groups in total. The van der Waals surface area contributed by atoms with Crippen LogP contribution in [0.15, 0.2) is 47.6 Å². The fourth-order valence-electron chi connectivity index (χ4n) is 10.9. The Morgan fingerprint density at radius 2 is 1.60 bits per heavy atom. The minimum atomic E-state index is -3.51. The van der Waals surface area contributed by atoms with Crippen molar-refractivity contribution in [3.05, 3.63) is 47.6 Å². The molecule has 3 fully saturated rings. The predicted molar refractivity (Wildman–Crippen MR) is 281 cm³/mol. The second kappa shape index (κ2) is 30.8. The minimum absolute atomic E-state index is 0.000367. The summed E-state index contributed by atoms with van der Waals surface area (Å²) in [5.74, 6) is -8.44. The van der Waals surface area contributed by atoms with Gasteiger partial charge < -0.3 is 57.7 Å². The quantitative estimate of drug-likeness (QED) is 0.0683. The van der Waals surface area contributed by atoms with Crippen LogP contribution in [0.25, 0.3) is 0 Å². The number of esters is 1. The Kier molecular flexibility index (Phi) is 26.4. The summed E-state index contributed by atoms with van der Waals surface area (Å²) in [7, 11) is 0.982. The highest BCUT2D eigenvalue weighted by molar-refractivity contribution is 7.53. The second-order valence-corrected chi connectivity index (χ2v) is 23.6. The lowest BCUT2D eigenvalue weighted by Gasteiger charge is -2.42. The SMILES string of the molecule is CO[C@H]1C[C@@H]2CC[C@@H](C)[C@@](O)(O2)C(=O)C(=O)N2CCCC[C@H]2C(=O)O[C@H]([C@H](C)C[C@@H]2CC[C@@H](OP(C)(=O)OCCOCCO)[C@H](OC)C2)CC(=O)C(C)=CC(C)[C@@H](O)[C@@H](OC)C(=O)[C@H](C)C[C@H](C)C=CC=CC=C1C. The fraction of sp³-hybridized carbons (Fsp3) is 0.768. The summed E-state index contributed by atoms with van der Waals surface area (Å²) in [4.78, 5) is 72.6. The van der Waals surface area contributed by atoms with Gasteiger partial charge in [-0.15, -0.1) is 0 Å². The molecule has 16 atom stereocenters. The smallest absolute Gasteiger partial charge is 0.329 e. The number of cyclic esters (lactones) is 1. The van der Waals surface area contributed by atoms with E-state index in [1.807, 2.05) is 58.1 Å². The number of aliphatic hydroxyl groups is 3. The van der Waals surface area contributed by atoms with Gasteiger partial charge in [0.2, 0.25) is 5.79 Å². The number of nitrogens with zero attached hydrogens (tertiary/aromatic N) is 1. The molecule has 426 valence electrons. The number of hydrogen-bond acceptors (Lipinski definition) is 17. The molecule has 2 saturated heterocycles. The Hall–Kier alpha value is -3.26. The summed E-state index contributed by atoms with van der Waals surface area (Å²) in [6, 6.07) is -1.19. The number of carbonyl (C=O) groups excluding carboxylic acids is 5. The van der Waals surface area contributed by atoms with E-state index in [0.29, 0.717) is 64.2 Å². The average molecular weight is 1080 g/mol. The van der Waals surface area contributed by atoms with Crippen LogP contribution in [0.3, 0.4) is 0 Å². The lowest BCUT2D eigenvalue weighted by Crippen LogP contribution is -2.61. The molecule has 1 aliphatic carbocycles. The molecule has 3 aliphatic heterocycles. The first-order valence-corrected chi connectivity index (χ1v) is 29.1. The number of piperidine rings is 1. The Morgan fingerprint density at radius 1 is 0.867 bits per heavy atom. The Bertz CT molecular complexity index is 2060. The van der Waals surface area contributed by atoms with E-state index in [9.17, 15) is 38.8 Å². The van der Waals surface area contributed by atoms with Crippen molar-refractivity contribution in [1.82, 2.24) is 4.90 Å². The van der Waals surface area contributed by atoms with E-state index in [0.717, 1.165) is 5.57 Å². The van der Waals surface area contributed by atoms with Crippen molar-refractivity contribution in [3.8, 4) is 0 Å². The zero-order valence-corrected chi connectivity index (χ0v) is 47.4. The number of aliphatic hydroxyl groups excluding tert-OH is 2. The molecule has 0 aromatic rings. The van der Waals surface area contributed by atoms with Crippen LogP contribution < -0.4 is 0 Å². The largest absolute Gasteiger partial charge is 0.460 e. The van der Waals surface area contributed by atoms with Crippen molar-refractivity contribution < 1.29 is 81.3 Å². The summed E-state index contributed by atoms with van der Waals surface area (Å²) in [5.41, 5.74) is 1.14. The monoisotopic (exact) mass is 1080 g/mol. The van der Waals surface area contributed by atoms with Gasteiger partial charge in [0.1, 0.15) is 18.2 Å². The number of hydrogen-bond donors (Lipinski definition) is 3. The number of methoxy groups -OCH3 is 3. The van der Waals surface area contributed by atoms with Crippen LogP contribution in [0.2, 0.25) is 0 Å². The number of ketones is 3. The number of fused-ring (bicyclic) bond motifs is 3. The van der Waals surface area contributed by atoms with Crippen LogP contribution >= 0.6 is 7.60 Å². The number of Topliss-reactive ketones (excluding diaryl/α,β-unsaturated/α-hetero) is 3. The highest BCUT2D eigenvalue weighted by Crippen LogP contribution is 2.48. The molecule has 1 saturated carbocycles. The highest BCUT2D eigenvalue weighted by Gasteiger charge is 2.53.